The number of hydrogen-bond donors (Lipinski definition) is 0. The van der Waals surface area contributed by atoms with Gasteiger partial charge in [-0.25, -0.2) is 0 Å². The van der Waals surface area contributed by atoms with Crippen molar-refractivity contribution in [1.29, 1.82) is 0 Å². The van der Waals surface area contributed by atoms with E-state index in [1.807, 2.05) is 13.0 Å². The zero-order valence-corrected chi connectivity index (χ0v) is 9.99. The van der Waals surface area contributed by atoms with Crippen molar-refractivity contribution in [3.63, 3.8) is 0 Å². The predicted molar refractivity (Wildman–Crippen MR) is 69.1 cm³/mol. The van der Waals surface area contributed by atoms with Crippen molar-refractivity contribution >= 4 is 10.8 Å². The molecular weight excluding hydrogens is 196 g/mol. The second-order valence-electron chi connectivity index (χ2n) is 3.99. The summed E-state index contributed by atoms with van der Waals surface area (Å²) >= 11 is 0. The highest BCUT2D eigenvalue weighted by atomic mass is 16.5. The SMILES string of the molecule is CCCc1ccc2c(OCC)cccc2c1. The molecule has 16 heavy (non-hydrogen) atoms. The summed E-state index contributed by atoms with van der Waals surface area (Å²) in [5.41, 5.74) is 1.41. The lowest BCUT2D eigenvalue weighted by Gasteiger charge is -2.08. The molecule has 0 unspecified atom stereocenters. The Kier molecular flexibility index (Phi) is 3.45. The third-order valence-corrected chi connectivity index (χ3v) is 2.74. The Morgan fingerprint density at radius 3 is 2.69 bits per heavy atom. The van der Waals surface area contributed by atoms with Crippen molar-refractivity contribution in [2.75, 3.05) is 6.61 Å². The number of benzene rings is 2. The summed E-state index contributed by atoms with van der Waals surface area (Å²) in [4.78, 5) is 0. The first-order valence-electron chi connectivity index (χ1n) is 5.99. The molecule has 0 N–H and O–H groups in total. The molecule has 0 atom stereocenters. The molecule has 0 amide bonds. The molecule has 0 aliphatic carbocycles. The van der Waals surface area contributed by atoms with E-state index >= 15 is 0 Å². The third-order valence-electron chi connectivity index (χ3n) is 2.74. The predicted octanol–water partition coefficient (Wildman–Crippen LogP) is 4.19. The molecule has 0 heterocycles. The van der Waals surface area contributed by atoms with E-state index in [4.69, 9.17) is 4.74 Å². The average Bonchev–Trinajstić information content (AvgIpc) is 2.30. The molecule has 2 aromatic rings. The van der Waals surface area contributed by atoms with Crippen LogP contribution < -0.4 is 4.74 Å². The molecule has 0 saturated carbocycles. The van der Waals surface area contributed by atoms with Crippen molar-refractivity contribution in [2.45, 2.75) is 26.7 Å². The molecule has 84 valence electrons. The van der Waals surface area contributed by atoms with E-state index in [-0.39, 0.29) is 0 Å². The van der Waals surface area contributed by atoms with Crippen LogP contribution in [0.25, 0.3) is 10.8 Å². The fraction of sp³-hybridized carbons (Fsp3) is 0.333. The molecule has 0 aromatic heterocycles. The summed E-state index contributed by atoms with van der Waals surface area (Å²) < 4.78 is 5.62. The molecule has 1 nitrogen and oxygen atoms in total. The van der Waals surface area contributed by atoms with Crippen molar-refractivity contribution < 1.29 is 4.74 Å². The number of hydrogen-bond acceptors (Lipinski definition) is 1. The summed E-state index contributed by atoms with van der Waals surface area (Å²) in [7, 11) is 0. The minimum absolute atomic E-state index is 0.718. The average molecular weight is 214 g/mol. The number of rotatable bonds is 4. The molecule has 0 aliphatic heterocycles. The zero-order valence-electron chi connectivity index (χ0n) is 9.99. The van der Waals surface area contributed by atoms with Crippen LogP contribution in [-0.2, 0) is 6.42 Å². The molecule has 0 fully saturated rings. The van der Waals surface area contributed by atoms with Crippen LogP contribution in [0.3, 0.4) is 0 Å². The van der Waals surface area contributed by atoms with E-state index < -0.39 is 0 Å². The summed E-state index contributed by atoms with van der Waals surface area (Å²) in [5, 5.41) is 2.49. The maximum absolute atomic E-state index is 5.62. The maximum atomic E-state index is 5.62. The van der Waals surface area contributed by atoms with E-state index in [9.17, 15) is 0 Å². The standard InChI is InChI=1S/C15H18O/c1-3-6-12-9-10-14-13(11-12)7-5-8-15(14)16-4-2/h5,7-11H,3-4,6H2,1-2H3. The second-order valence-corrected chi connectivity index (χ2v) is 3.99. The van der Waals surface area contributed by atoms with Crippen LogP contribution in [0.1, 0.15) is 25.8 Å². The lowest BCUT2D eigenvalue weighted by Crippen LogP contribution is -1.92. The van der Waals surface area contributed by atoms with Gasteiger partial charge in [-0.05, 0) is 30.4 Å². The first-order chi connectivity index (χ1) is 7.85. The Morgan fingerprint density at radius 1 is 1.06 bits per heavy atom. The van der Waals surface area contributed by atoms with E-state index in [0.717, 1.165) is 18.8 Å². The van der Waals surface area contributed by atoms with Crippen LogP contribution in [0.5, 0.6) is 5.75 Å². The topological polar surface area (TPSA) is 9.23 Å². The van der Waals surface area contributed by atoms with E-state index in [1.165, 1.54) is 22.8 Å². The largest absolute Gasteiger partial charge is 0.493 e. The van der Waals surface area contributed by atoms with Gasteiger partial charge in [-0.3, -0.25) is 0 Å². The van der Waals surface area contributed by atoms with Crippen molar-refractivity contribution in [2.24, 2.45) is 0 Å². The smallest absolute Gasteiger partial charge is 0.127 e. The second kappa shape index (κ2) is 5.02. The molecular formula is C15H18O. The summed E-state index contributed by atoms with van der Waals surface area (Å²) in [6, 6.07) is 12.9. The van der Waals surface area contributed by atoms with Gasteiger partial charge in [0.2, 0.25) is 0 Å². The maximum Gasteiger partial charge on any atom is 0.127 e. The van der Waals surface area contributed by atoms with Gasteiger partial charge in [-0.15, -0.1) is 0 Å². The molecule has 0 bridgehead atoms. The number of ether oxygens (including phenoxy) is 1. The minimum atomic E-state index is 0.718. The summed E-state index contributed by atoms with van der Waals surface area (Å²) in [5.74, 6) is 0.989. The van der Waals surface area contributed by atoms with Gasteiger partial charge in [0.15, 0.2) is 0 Å². The van der Waals surface area contributed by atoms with Gasteiger partial charge >= 0.3 is 0 Å². The molecule has 0 aliphatic rings. The Bertz CT molecular complexity index is 474. The third kappa shape index (κ3) is 2.19. The molecule has 2 aromatic carbocycles. The van der Waals surface area contributed by atoms with Crippen molar-refractivity contribution in [1.82, 2.24) is 0 Å². The molecule has 1 heteroatoms. The first-order valence-corrected chi connectivity index (χ1v) is 5.99. The van der Waals surface area contributed by atoms with Gasteiger partial charge in [0.1, 0.15) is 5.75 Å². The van der Waals surface area contributed by atoms with Gasteiger partial charge in [-0.1, -0.05) is 43.7 Å². The minimum Gasteiger partial charge on any atom is -0.493 e. The molecule has 0 saturated heterocycles. The zero-order chi connectivity index (χ0) is 11.4. The van der Waals surface area contributed by atoms with Gasteiger partial charge < -0.3 is 4.74 Å². The van der Waals surface area contributed by atoms with Crippen molar-refractivity contribution in [3.8, 4) is 5.75 Å². The fourth-order valence-electron chi connectivity index (χ4n) is 2.03. The Balaban J connectivity index is 2.46. The first kappa shape index (κ1) is 11.0. The normalized spacial score (nSPS) is 10.6. The van der Waals surface area contributed by atoms with Crippen LogP contribution in [0.2, 0.25) is 0 Å². The quantitative estimate of drug-likeness (QED) is 0.741. The highest BCUT2D eigenvalue weighted by molar-refractivity contribution is 5.88. The fourth-order valence-corrected chi connectivity index (χ4v) is 2.03. The van der Waals surface area contributed by atoms with Gasteiger partial charge in [-0.2, -0.15) is 0 Å². The lowest BCUT2D eigenvalue weighted by atomic mass is 10.0. The highest BCUT2D eigenvalue weighted by Gasteiger charge is 2.01. The van der Waals surface area contributed by atoms with E-state index in [1.54, 1.807) is 0 Å². The summed E-state index contributed by atoms with van der Waals surface area (Å²) in [6.45, 7) is 4.95. The highest BCUT2D eigenvalue weighted by Crippen LogP contribution is 2.26. The van der Waals surface area contributed by atoms with E-state index in [0.29, 0.717) is 0 Å². The Labute approximate surface area is 97.1 Å². The van der Waals surface area contributed by atoms with Crippen LogP contribution in [0.15, 0.2) is 36.4 Å². The molecule has 2 rings (SSSR count). The van der Waals surface area contributed by atoms with Gasteiger partial charge in [0.05, 0.1) is 6.61 Å². The Hall–Kier alpha value is -1.50. The number of fused-ring (bicyclic) bond motifs is 1. The van der Waals surface area contributed by atoms with Crippen LogP contribution in [0.4, 0.5) is 0 Å². The Morgan fingerprint density at radius 2 is 1.94 bits per heavy atom. The van der Waals surface area contributed by atoms with Crippen molar-refractivity contribution in [3.05, 3.63) is 42.0 Å². The van der Waals surface area contributed by atoms with Gasteiger partial charge in [0, 0.05) is 5.39 Å². The van der Waals surface area contributed by atoms with Crippen LogP contribution in [-0.4, -0.2) is 6.61 Å². The number of aryl methyl sites for hydroxylation is 1. The van der Waals surface area contributed by atoms with Crippen LogP contribution >= 0.6 is 0 Å². The van der Waals surface area contributed by atoms with E-state index in [2.05, 4.69) is 37.3 Å². The van der Waals surface area contributed by atoms with Gasteiger partial charge in [0.25, 0.3) is 0 Å². The molecule has 0 spiro atoms. The lowest BCUT2D eigenvalue weighted by molar-refractivity contribution is 0.344. The van der Waals surface area contributed by atoms with Crippen LogP contribution in [0, 0.1) is 0 Å². The summed E-state index contributed by atoms with van der Waals surface area (Å²) in [6.07, 6.45) is 2.34. The molecule has 0 radical (unpaired) electrons. The monoisotopic (exact) mass is 214 g/mol.